The highest BCUT2D eigenvalue weighted by atomic mass is 32.1. The van der Waals surface area contributed by atoms with Gasteiger partial charge in [-0.05, 0) is 23.3 Å². The van der Waals surface area contributed by atoms with Gasteiger partial charge < -0.3 is 15.0 Å². The molecule has 1 aromatic heterocycles. The third-order valence-electron chi connectivity index (χ3n) is 4.81. The molecule has 30 heavy (non-hydrogen) atoms. The molecule has 0 spiro atoms. The minimum Gasteiger partial charge on any atom is -0.378 e. The minimum absolute atomic E-state index is 0.376. The van der Waals surface area contributed by atoms with Gasteiger partial charge in [0.05, 0.1) is 19.8 Å². The van der Waals surface area contributed by atoms with E-state index < -0.39 is 0 Å². The van der Waals surface area contributed by atoms with Gasteiger partial charge in [0.2, 0.25) is 17.0 Å². The first-order valence-electron chi connectivity index (χ1n) is 9.89. The predicted octanol–water partition coefficient (Wildman–Crippen LogP) is 2.24. The summed E-state index contributed by atoms with van der Waals surface area (Å²) in [5.74, 6) is 7.47. The first-order chi connectivity index (χ1) is 14.7. The normalized spacial score (nSPS) is 13.8. The second kappa shape index (κ2) is 9.66. The standard InChI is InChI=1S/C21H25N7OS/c22-27(16-18-9-5-2-6-10-18)21(30)28-19(23-15-17-7-3-1-4-8-17)24-20(25-28)26-11-13-29-14-12-26/h1-10H,11-16,22H2,(H,23,24,25). The Bertz CT molecular complexity index is 958. The van der Waals surface area contributed by atoms with Crippen molar-refractivity contribution in [3.05, 3.63) is 71.8 Å². The van der Waals surface area contributed by atoms with Crippen LogP contribution in [0.2, 0.25) is 0 Å². The molecule has 4 rings (SSSR count). The SMILES string of the molecule is NN(Cc1ccccc1)C(=S)n1nc(N2CCOCC2)nc1NCc1ccccc1. The molecule has 3 N–H and O–H groups in total. The van der Waals surface area contributed by atoms with E-state index in [1.807, 2.05) is 48.5 Å². The summed E-state index contributed by atoms with van der Waals surface area (Å²) in [6, 6.07) is 20.1. The molecule has 2 aromatic carbocycles. The van der Waals surface area contributed by atoms with Gasteiger partial charge in [0.15, 0.2) is 0 Å². The van der Waals surface area contributed by atoms with Crippen molar-refractivity contribution in [2.45, 2.75) is 13.1 Å². The lowest BCUT2D eigenvalue weighted by Crippen LogP contribution is -2.41. The Kier molecular flexibility index (Phi) is 6.53. The van der Waals surface area contributed by atoms with Gasteiger partial charge >= 0.3 is 0 Å². The van der Waals surface area contributed by atoms with Gasteiger partial charge in [-0.15, -0.1) is 5.10 Å². The van der Waals surface area contributed by atoms with Crippen LogP contribution in [0.25, 0.3) is 0 Å². The molecule has 8 nitrogen and oxygen atoms in total. The van der Waals surface area contributed by atoms with Crippen LogP contribution < -0.4 is 16.1 Å². The molecule has 1 fully saturated rings. The number of rotatable bonds is 6. The van der Waals surface area contributed by atoms with Crippen molar-refractivity contribution in [2.75, 3.05) is 36.5 Å². The van der Waals surface area contributed by atoms with Crippen LogP contribution in [0.5, 0.6) is 0 Å². The number of ether oxygens (including phenoxy) is 1. The third-order valence-corrected chi connectivity index (χ3v) is 5.21. The maximum Gasteiger partial charge on any atom is 0.247 e. The van der Waals surface area contributed by atoms with Gasteiger partial charge in [0, 0.05) is 19.6 Å². The molecule has 0 aliphatic carbocycles. The lowest BCUT2D eigenvalue weighted by Gasteiger charge is -2.25. The summed E-state index contributed by atoms with van der Waals surface area (Å²) in [4.78, 5) is 6.79. The van der Waals surface area contributed by atoms with Crippen LogP contribution in [-0.2, 0) is 17.8 Å². The Morgan fingerprint density at radius 2 is 1.67 bits per heavy atom. The molecule has 9 heteroatoms. The molecule has 3 aromatic rings. The summed E-state index contributed by atoms with van der Waals surface area (Å²) in [5.41, 5.74) is 2.20. The number of hydrogen-bond donors (Lipinski definition) is 2. The largest absolute Gasteiger partial charge is 0.378 e. The average Bonchev–Trinajstić information content (AvgIpc) is 3.23. The van der Waals surface area contributed by atoms with E-state index in [-0.39, 0.29) is 0 Å². The summed E-state index contributed by atoms with van der Waals surface area (Å²) in [5, 5.41) is 9.90. The molecule has 0 unspecified atom stereocenters. The van der Waals surface area contributed by atoms with Gasteiger partial charge in [-0.2, -0.15) is 9.67 Å². The van der Waals surface area contributed by atoms with Gasteiger partial charge in [0.1, 0.15) is 0 Å². The molecule has 0 saturated carbocycles. The van der Waals surface area contributed by atoms with Crippen LogP contribution in [0, 0.1) is 0 Å². The molecule has 1 saturated heterocycles. The molecule has 0 bridgehead atoms. The van der Waals surface area contributed by atoms with E-state index in [4.69, 9.17) is 27.8 Å². The zero-order valence-electron chi connectivity index (χ0n) is 16.6. The van der Waals surface area contributed by atoms with E-state index in [1.165, 1.54) is 5.01 Å². The molecular weight excluding hydrogens is 398 g/mol. The van der Waals surface area contributed by atoms with Gasteiger partial charge in [-0.25, -0.2) is 5.84 Å². The molecule has 156 valence electrons. The monoisotopic (exact) mass is 423 g/mol. The first-order valence-corrected chi connectivity index (χ1v) is 10.3. The highest BCUT2D eigenvalue weighted by Crippen LogP contribution is 2.17. The Labute approximate surface area is 181 Å². The minimum atomic E-state index is 0.376. The summed E-state index contributed by atoms with van der Waals surface area (Å²) in [6.45, 7) is 3.88. The van der Waals surface area contributed by atoms with Crippen LogP contribution in [0.3, 0.4) is 0 Å². The molecule has 0 atom stereocenters. The summed E-state index contributed by atoms with van der Waals surface area (Å²) in [6.07, 6.45) is 0. The Morgan fingerprint density at radius 3 is 2.33 bits per heavy atom. The van der Waals surface area contributed by atoms with Crippen molar-refractivity contribution in [3.63, 3.8) is 0 Å². The second-order valence-electron chi connectivity index (χ2n) is 6.98. The number of anilines is 2. The number of nitrogens with one attached hydrogen (secondary N) is 1. The van der Waals surface area contributed by atoms with Crippen molar-refractivity contribution < 1.29 is 4.74 Å². The van der Waals surface area contributed by atoms with Crippen molar-refractivity contribution in [1.82, 2.24) is 19.8 Å². The van der Waals surface area contributed by atoms with E-state index in [0.29, 0.717) is 43.3 Å². The molecule has 0 amide bonds. The highest BCUT2D eigenvalue weighted by molar-refractivity contribution is 7.80. The van der Waals surface area contributed by atoms with E-state index in [1.54, 1.807) is 4.68 Å². The van der Waals surface area contributed by atoms with Crippen molar-refractivity contribution in [1.29, 1.82) is 0 Å². The molecule has 1 aliphatic heterocycles. The van der Waals surface area contributed by atoms with E-state index in [2.05, 4.69) is 27.4 Å². The van der Waals surface area contributed by atoms with E-state index in [0.717, 1.165) is 24.2 Å². The van der Waals surface area contributed by atoms with E-state index in [9.17, 15) is 0 Å². The van der Waals surface area contributed by atoms with Crippen LogP contribution in [0.1, 0.15) is 11.1 Å². The zero-order chi connectivity index (χ0) is 20.8. The average molecular weight is 424 g/mol. The quantitative estimate of drug-likeness (QED) is 0.355. The number of hydrazine groups is 1. The van der Waals surface area contributed by atoms with Crippen molar-refractivity contribution in [2.24, 2.45) is 5.84 Å². The van der Waals surface area contributed by atoms with Gasteiger partial charge in [-0.1, -0.05) is 60.7 Å². The number of aromatic nitrogens is 3. The Hall–Kier alpha value is -3.01. The summed E-state index contributed by atoms with van der Waals surface area (Å²) in [7, 11) is 0. The molecule has 1 aliphatic rings. The number of nitrogens with two attached hydrogens (primary N) is 1. The third kappa shape index (κ3) is 4.93. The summed E-state index contributed by atoms with van der Waals surface area (Å²) < 4.78 is 7.05. The fourth-order valence-corrected chi connectivity index (χ4v) is 3.38. The van der Waals surface area contributed by atoms with Crippen LogP contribution in [0.4, 0.5) is 11.9 Å². The lowest BCUT2D eigenvalue weighted by molar-refractivity contribution is 0.122. The Balaban J connectivity index is 1.55. The first kappa shape index (κ1) is 20.3. The molecular formula is C21H25N7OS. The number of hydrogen-bond acceptors (Lipinski definition) is 7. The fourth-order valence-electron chi connectivity index (χ4n) is 3.19. The highest BCUT2D eigenvalue weighted by Gasteiger charge is 2.22. The van der Waals surface area contributed by atoms with Crippen LogP contribution >= 0.6 is 12.2 Å². The maximum absolute atomic E-state index is 6.29. The topological polar surface area (TPSA) is 84.5 Å². The summed E-state index contributed by atoms with van der Waals surface area (Å²) >= 11 is 5.65. The van der Waals surface area contributed by atoms with Crippen molar-refractivity contribution in [3.8, 4) is 0 Å². The predicted molar refractivity (Wildman–Crippen MR) is 121 cm³/mol. The van der Waals surface area contributed by atoms with Gasteiger partial charge in [-0.3, -0.25) is 5.01 Å². The maximum atomic E-state index is 6.29. The number of thiocarbonyl (C=S) groups is 1. The fraction of sp³-hybridized carbons (Fsp3) is 0.286. The molecule has 2 heterocycles. The number of benzene rings is 2. The van der Waals surface area contributed by atoms with Crippen LogP contribution in [0.15, 0.2) is 60.7 Å². The van der Waals surface area contributed by atoms with Gasteiger partial charge in [0.25, 0.3) is 0 Å². The lowest BCUT2D eigenvalue weighted by atomic mass is 10.2. The Morgan fingerprint density at radius 1 is 1.03 bits per heavy atom. The molecule has 0 radical (unpaired) electrons. The van der Waals surface area contributed by atoms with Crippen LogP contribution in [-0.4, -0.2) is 51.2 Å². The van der Waals surface area contributed by atoms with E-state index >= 15 is 0 Å². The smallest absolute Gasteiger partial charge is 0.247 e. The zero-order valence-corrected chi connectivity index (χ0v) is 17.5. The second-order valence-corrected chi connectivity index (χ2v) is 7.35. The van der Waals surface area contributed by atoms with Crippen molar-refractivity contribution >= 4 is 29.2 Å². The number of nitrogens with zero attached hydrogens (tertiary/aromatic N) is 5. The number of morpholine rings is 1.